The summed E-state index contributed by atoms with van der Waals surface area (Å²) >= 11 is 0. The van der Waals surface area contributed by atoms with E-state index < -0.39 is 12.0 Å². The van der Waals surface area contributed by atoms with Gasteiger partial charge in [0.05, 0.1) is 0 Å². The molecule has 0 aromatic heterocycles. The summed E-state index contributed by atoms with van der Waals surface area (Å²) in [7, 11) is 0. The summed E-state index contributed by atoms with van der Waals surface area (Å²) in [5.41, 5.74) is 0. The second kappa shape index (κ2) is 4.05. The predicted molar refractivity (Wildman–Crippen MR) is 27.6 cm³/mol. The standard InChI is InChI=1S/C5H7NO3.Na.H/c7-5(8)4-2-1-3-6(4)9;;/h4H,1-3H2;;/q;+1;-1. The summed E-state index contributed by atoms with van der Waals surface area (Å²) in [5, 5.41) is 10.1. The number of hydrogen-bond donors (Lipinski definition) is 0. The molecule has 0 aromatic rings. The van der Waals surface area contributed by atoms with E-state index in [2.05, 4.69) is 0 Å². The summed E-state index contributed by atoms with van der Waals surface area (Å²) < 4.78 is 0.565. The molecule has 1 fully saturated rings. The van der Waals surface area contributed by atoms with Crippen LogP contribution in [0.2, 0.25) is 0 Å². The van der Waals surface area contributed by atoms with Gasteiger partial charge < -0.3 is 11.3 Å². The van der Waals surface area contributed by atoms with E-state index in [9.17, 15) is 14.8 Å². The first-order valence-electron chi connectivity index (χ1n) is 2.86. The van der Waals surface area contributed by atoms with Crippen LogP contribution in [0.4, 0.5) is 0 Å². The number of hydrogen-bond acceptors (Lipinski definition) is 3. The number of carbonyl (C=O) groups excluding carboxylic acids is 1. The third kappa shape index (κ3) is 2.04. The van der Waals surface area contributed by atoms with Gasteiger partial charge in [0.25, 0.3) is 0 Å². The topological polar surface area (TPSA) is 60.2 Å². The smallest absolute Gasteiger partial charge is 1.00 e. The monoisotopic (exact) mass is 153 g/mol. The second-order valence-corrected chi connectivity index (χ2v) is 2.12. The Morgan fingerprint density at radius 2 is 2.30 bits per heavy atom. The Bertz CT molecular complexity index is 164. The molecule has 1 saturated heterocycles. The van der Waals surface area contributed by atoms with Crippen LogP contribution < -0.4 is 34.7 Å². The molecule has 10 heavy (non-hydrogen) atoms. The van der Waals surface area contributed by atoms with Gasteiger partial charge in [-0.05, 0) is 0 Å². The van der Waals surface area contributed by atoms with Crippen LogP contribution in [-0.4, -0.2) is 23.3 Å². The van der Waals surface area contributed by atoms with E-state index in [-0.39, 0.29) is 31.0 Å². The van der Waals surface area contributed by atoms with E-state index in [0.29, 0.717) is 24.1 Å². The van der Waals surface area contributed by atoms with Crippen molar-refractivity contribution < 1.29 is 45.6 Å². The fraction of sp³-hybridized carbons (Fsp3) is 0.800. The van der Waals surface area contributed by atoms with Crippen LogP contribution in [0.3, 0.4) is 0 Å². The van der Waals surface area contributed by atoms with Crippen LogP contribution in [0.15, 0.2) is 0 Å². The Hall–Kier alpha value is 0.0700. The molecule has 0 aromatic carbocycles. The first kappa shape index (κ1) is 10.1. The maximum atomic E-state index is 10.5. The van der Waals surface area contributed by atoms with Gasteiger partial charge in [-0.1, -0.05) is 0 Å². The van der Waals surface area contributed by atoms with Crippen molar-refractivity contribution in [3.8, 4) is 0 Å². The van der Waals surface area contributed by atoms with E-state index in [1.54, 1.807) is 0 Å². The number of nitroso groups, excluding NO2 is 1. The molecular weight excluding hydrogens is 145 g/mol. The summed E-state index contributed by atoms with van der Waals surface area (Å²) in [6, 6.07) is -0.884. The molecule has 1 atom stereocenters. The van der Waals surface area contributed by atoms with Gasteiger partial charge in [0.15, 0.2) is 6.54 Å². The predicted octanol–water partition coefficient (Wildman–Crippen LogP) is -4.21. The molecule has 4 nitrogen and oxygen atoms in total. The van der Waals surface area contributed by atoms with Crippen molar-refractivity contribution in [3.63, 3.8) is 0 Å². The van der Waals surface area contributed by atoms with E-state index in [1.165, 1.54) is 0 Å². The number of aliphatic carboxylic acids is 1. The average Bonchev–Trinajstić information content (AvgIpc) is 2.13. The molecule has 0 N–H and O–H groups in total. The molecule has 1 aliphatic heterocycles. The van der Waals surface area contributed by atoms with Gasteiger partial charge in [-0.2, -0.15) is 0 Å². The van der Waals surface area contributed by atoms with Crippen LogP contribution in [0.1, 0.15) is 14.3 Å². The van der Waals surface area contributed by atoms with Crippen molar-refractivity contribution in [2.45, 2.75) is 18.9 Å². The Morgan fingerprint density at radius 1 is 1.70 bits per heavy atom. The zero-order valence-corrected chi connectivity index (χ0v) is 7.87. The maximum Gasteiger partial charge on any atom is 1.00 e. The number of carboxylic acids is 1. The number of carboxylic acid groups (broad SMARTS) is 1. The molecule has 0 bridgehead atoms. The molecule has 5 heteroatoms. The van der Waals surface area contributed by atoms with Gasteiger partial charge in [0.2, 0.25) is 6.04 Å². The van der Waals surface area contributed by atoms with E-state index in [0.717, 1.165) is 0 Å². The largest absolute Gasteiger partial charge is 1.00 e. The number of carbonyl (C=O) groups is 1. The van der Waals surface area contributed by atoms with Gasteiger partial charge in [-0.3, -0.25) is 0 Å². The summed E-state index contributed by atoms with van der Waals surface area (Å²) in [4.78, 5) is 20.6. The SMILES string of the molecule is O=C([O-])C1CCC[N+]1=O.[H-].[Na+]. The molecular formula is C5H8NNaO3. The summed E-state index contributed by atoms with van der Waals surface area (Å²) in [6.45, 7) is 0.332. The van der Waals surface area contributed by atoms with Crippen molar-refractivity contribution in [1.29, 1.82) is 0 Å². The van der Waals surface area contributed by atoms with E-state index in [4.69, 9.17) is 0 Å². The van der Waals surface area contributed by atoms with Gasteiger partial charge in [-0.15, -0.1) is 0 Å². The van der Waals surface area contributed by atoms with E-state index >= 15 is 0 Å². The Kier molecular flexibility index (Phi) is 4.08. The normalized spacial score (nSPS) is 24.0. The van der Waals surface area contributed by atoms with Crippen LogP contribution in [0.5, 0.6) is 0 Å². The molecule has 1 heterocycles. The minimum atomic E-state index is -1.25. The summed E-state index contributed by atoms with van der Waals surface area (Å²) in [6.07, 6.45) is 1.11. The van der Waals surface area contributed by atoms with Crippen molar-refractivity contribution >= 4 is 5.97 Å². The van der Waals surface area contributed by atoms with Gasteiger partial charge in [0.1, 0.15) is 5.97 Å². The van der Waals surface area contributed by atoms with Gasteiger partial charge in [-0.25, -0.2) is 0 Å². The molecule has 0 saturated carbocycles. The van der Waals surface area contributed by atoms with Crippen LogP contribution in [0, 0.1) is 4.91 Å². The molecule has 1 aliphatic rings. The molecule has 0 radical (unpaired) electrons. The first-order chi connectivity index (χ1) is 4.22. The Labute approximate surface area is 82.0 Å². The third-order valence-electron chi connectivity index (χ3n) is 1.48. The first-order valence-corrected chi connectivity index (χ1v) is 2.86. The molecule has 0 amide bonds. The quantitative estimate of drug-likeness (QED) is 0.283. The van der Waals surface area contributed by atoms with E-state index in [1.807, 2.05) is 0 Å². The minimum Gasteiger partial charge on any atom is -1.00 e. The molecule has 1 rings (SSSR count). The number of nitrogens with zero attached hydrogens (tertiary/aromatic N) is 1. The molecule has 1 unspecified atom stereocenters. The van der Waals surface area contributed by atoms with Crippen LogP contribution >= 0.6 is 0 Å². The zero-order valence-electron chi connectivity index (χ0n) is 6.87. The Morgan fingerprint density at radius 3 is 2.50 bits per heavy atom. The van der Waals surface area contributed by atoms with Crippen molar-refractivity contribution in [2.75, 3.05) is 6.54 Å². The fourth-order valence-electron chi connectivity index (χ4n) is 0.976. The average molecular weight is 153 g/mol. The molecule has 0 aliphatic carbocycles. The summed E-state index contributed by atoms with van der Waals surface area (Å²) in [5.74, 6) is -1.25. The molecule has 0 spiro atoms. The Balaban J connectivity index is 0. The van der Waals surface area contributed by atoms with Crippen molar-refractivity contribution in [1.82, 2.24) is 0 Å². The number of rotatable bonds is 1. The maximum absolute atomic E-state index is 10.5. The zero-order chi connectivity index (χ0) is 6.85. The van der Waals surface area contributed by atoms with Crippen LogP contribution in [-0.2, 0) is 4.79 Å². The van der Waals surface area contributed by atoms with Gasteiger partial charge in [0, 0.05) is 22.5 Å². The molecule has 52 valence electrons. The van der Waals surface area contributed by atoms with Crippen molar-refractivity contribution in [3.05, 3.63) is 4.91 Å². The minimum absolute atomic E-state index is 0. The van der Waals surface area contributed by atoms with Crippen LogP contribution in [0.25, 0.3) is 0 Å². The fourth-order valence-corrected chi connectivity index (χ4v) is 0.976. The van der Waals surface area contributed by atoms with Crippen molar-refractivity contribution in [2.24, 2.45) is 0 Å². The third-order valence-corrected chi connectivity index (χ3v) is 1.48. The second-order valence-electron chi connectivity index (χ2n) is 2.12. The van der Waals surface area contributed by atoms with Gasteiger partial charge >= 0.3 is 29.6 Å².